The topological polar surface area (TPSA) is 74.8 Å². The van der Waals surface area contributed by atoms with E-state index >= 15 is 0 Å². The molecule has 0 saturated heterocycles. The number of hydrogen-bond donors (Lipinski definition) is 2. The summed E-state index contributed by atoms with van der Waals surface area (Å²) in [6, 6.07) is 5.92. The van der Waals surface area contributed by atoms with E-state index in [0.717, 1.165) is 40.8 Å². The Morgan fingerprint density at radius 2 is 2.12 bits per heavy atom. The lowest BCUT2D eigenvalue weighted by Crippen LogP contribution is -2.14. The number of aliphatic hydroxyl groups excluding tert-OH is 2. The molecular weight excluding hydrogens is 328 g/mol. The normalized spacial score (nSPS) is 18.3. The van der Waals surface area contributed by atoms with Crippen LogP contribution in [0.25, 0.3) is 17.1 Å². The van der Waals surface area contributed by atoms with Gasteiger partial charge in [-0.2, -0.15) is 0 Å². The summed E-state index contributed by atoms with van der Waals surface area (Å²) in [5, 5.41) is 20.0. The van der Waals surface area contributed by atoms with Gasteiger partial charge in [-0.05, 0) is 36.6 Å². The fraction of sp³-hybridized carbons (Fsp3) is 0.238. The summed E-state index contributed by atoms with van der Waals surface area (Å²) in [5.74, 6) is -0.172. The molecule has 132 valence electrons. The molecule has 1 aromatic heterocycles. The van der Waals surface area contributed by atoms with Crippen LogP contribution in [0.15, 0.2) is 52.6 Å². The number of carbonyl (C=O) groups is 1. The van der Waals surface area contributed by atoms with Crippen molar-refractivity contribution in [3.8, 4) is 0 Å². The Morgan fingerprint density at radius 1 is 1.27 bits per heavy atom. The van der Waals surface area contributed by atoms with E-state index in [1.165, 1.54) is 5.56 Å². The van der Waals surface area contributed by atoms with Crippen molar-refractivity contribution in [1.82, 2.24) is 4.57 Å². The maximum Gasteiger partial charge on any atom is 0.192 e. The van der Waals surface area contributed by atoms with E-state index < -0.39 is 0 Å². The number of allylic oxidation sites excluding steroid dienone is 4. The first kappa shape index (κ1) is 16.7. The number of hydrogen-bond acceptors (Lipinski definition) is 4. The second-order valence-corrected chi connectivity index (χ2v) is 6.55. The number of carbonyl (C=O) groups excluding carboxylic acids is 1. The van der Waals surface area contributed by atoms with Crippen molar-refractivity contribution in [2.24, 2.45) is 4.99 Å². The van der Waals surface area contributed by atoms with Crippen molar-refractivity contribution in [1.29, 1.82) is 0 Å². The maximum absolute atomic E-state index is 12.6. The number of nitrogens with zero attached hydrogens (tertiary/aromatic N) is 2. The Balaban J connectivity index is 1.98. The second-order valence-electron chi connectivity index (χ2n) is 6.55. The van der Waals surface area contributed by atoms with E-state index in [4.69, 9.17) is 0 Å². The third kappa shape index (κ3) is 2.57. The van der Waals surface area contributed by atoms with E-state index in [0.29, 0.717) is 11.1 Å². The minimum absolute atomic E-state index is 0.0361. The molecule has 1 aliphatic heterocycles. The number of Topliss-reactive ketones (excluding diaryl/α,β-unsaturated/α-hetero) is 1. The quantitative estimate of drug-likeness (QED) is 0.837. The van der Waals surface area contributed by atoms with Gasteiger partial charge in [-0.3, -0.25) is 9.79 Å². The molecule has 1 aliphatic carbocycles. The van der Waals surface area contributed by atoms with Crippen LogP contribution in [0, 0.1) is 0 Å². The minimum Gasteiger partial charge on any atom is -0.392 e. The summed E-state index contributed by atoms with van der Waals surface area (Å²) in [5.41, 5.74) is 5.84. The van der Waals surface area contributed by atoms with Crippen LogP contribution >= 0.6 is 0 Å². The number of aliphatic imine (C=N–C) groups is 1. The number of rotatable bonds is 3. The van der Waals surface area contributed by atoms with Crippen molar-refractivity contribution in [2.75, 3.05) is 13.2 Å². The van der Waals surface area contributed by atoms with Crippen molar-refractivity contribution in [3.05, 3.63) is 64.4 Å². The van der Waals surface area contributed by atoms with E-state index in [1.807, 2.05) is 35.9 Å². The molecule has 0 atom stereocenters. The Kier molecular flexibility index (Phi) is 4.18. The highest BCUT2D eigenvalue weighted by Gasteiger charge is 2.23. The molecule has 5 nitrogen and oxygen atoms in total. The Morgan fingerprint density at radius 3 is 2.88 bits per heavy atom. The molecule has 0 spiro atoms. The third-order valence-electron chi connectivity index (χ3n) is 4.98. The van der Waals surface area contributed by atoms with Gasteiger partial charge in [0.15, 0.2) is 5.78 Å². The lowest BCUT2D eigenvalue weighted by molar-refractivity contribution is -0.112. The summed E-state index contributed by atoms with van der Waals surface area (Å²) in [6.45, 7) is 2.43. The standard InChI is InChI=1S/C21H20N2O3/c1-13-20-18(7-8-22-13)17-6-5-14(11-24)9-19(17)23(20)10-15-3-2-4-16(12-25)21(15)26/h2-6,9-10,24-25H,7-8,11-12H2,1H3/b15-10+. The molecule has 0 unspecified atom stereocenters. The molecule has 2 heterocycles. The second kappa shape index (κ2) is 6.52. The zero-order valence-electron chi connectivity index (χ0n) is 14.6. The van der Waals surface area contributed by atoms with Crippen LogP contribution in [0.5, 0.6) is 0 Å². The molecule has 0 radical (unpaired) electrons. The zero-order chi connectivity index (χ0) is 18.3. The fourth-order valence-electron chi connectivity index (χ4n) is 3.68. The number of ketones is 1. The van der Waals surface area contributed by atoms with Crippen LogP contribution in [-0.2, 0) is 17.8 Å². The maximum atomic E-state index is 12.6. The van der Waals surface area contributed by atoms with E-state index in [1.54, 1.807) is 18.2 Å². The van der Waals surface area contributed by atoms with Gasteiger partial charge in [-0.1, -0.05) is 24.3 Å². The van der Waals surface area contributed by atoms with Crippen LogP contribution in [-0.4, -0.2) is 39.4 Å². The molecule has 0 fully saturated rings. The molecule has 26 heavy (non-hydrogen) atoms. The lowest BCUT2D eigenvalue weighted by atomic mass is 9.99. The molecule has 0 saturated carbocycles. The average molecular weight is 348 g/mol. The van der Waals surface area contributed by atoms with Gasteiger partial charge in [0, 0.05) is 29.3 Å². The van der Waals surface area contributed by atoms with Gasteiger partial charge in [0.1, 0.15) is 0 Å². The van der Waals surface area contributed by atoms with Gasteiger partial charge >= 0.3 is 0 Å². The molecule has 0 amide bonds. The zero-order valence-corrected chi connectivity index (χ0v) is 14.6. The highest BCUT2D eigenvalue weighted by atomic mass is 16.3. The van der Waals surface area contributed by atoms with Gasteiger partial charge in [0.05, 0.1) is 30.1 Å². The Labute approximate surface area is 151 Å². The third-order valence-corrected chi connectivity index (χ3v) is 4.98. The first-order valence-electron chi connectivity index (χ1n) is 8.66. The highest BCUT2D eigenvalue weighted by Crippen LogP contribution is 2.32. The van der Waals surface area contributed by atoms with Crippen molar-refractivity contribution >= 4 is 28.6 Å². The predicted molar refractivity (Wildman–Crippen MR) is 102 cm³/mol. The van der Waals surface area contributed by atoms with Crippen molar-refractivity contribution < 1.29 is 15.0 Å². The lowest BCUT2D eigenvalue weighted by Gasteiger charge is -2.14. The summed E-state index contributed by atoms with van der Waals surface area (Å²) >= 11 is 0. The largest absolute Gasteiger partial charge is 0.392 e. The summed E-state index contributed by atoms with van der Waals surface area (Å²) in [7, 11) is 0. The van der Waals surface area contributed by atoms with Crippen LogP contribution in [0.3, 0.4) is 0 Å². The number of benzene rings is 1. The average Bonchev–Trinajstić information content (AvgIpc) is 2.98. The van der Waals surface area contributed by atoms with Crippen LogP contribution < -0.4 is 0 Å². The van der Waals surface area contributed by atoms with Crippen molar-refractivity contribution in [3.63, 3.8) is 0 Å². The molecule has 2 aromatic rings. The molecule has 2 aliphatic rings. The molecule has 1 aromatic carbocycles. The van der Waals surface area contributed by atoms with Crippen LogP contribution in [0.2, 0.25) is 0 Å². The Bertz CT molecular complexity index is 1040. The monoisotopic (exact) mass is 348 g/mol. The molecular formula is C21H20N2O3. The van der Waals surface area contributed by atoms with Gasteiger partial charge in [-0.15, -0.1) is 0 Å². The predicted octanol–water partition coefficient (Wildman–Crippen LogP) is 2.40. The smallest absolute Gasteiger partial charge is 0.192 e. The number of aliphatic hydroxyl groups is 2. The molecule has 5 heteroatoms. The van der Waals surface area contributed by atoms with Gasteiger partial charge in [-0.25, -0.2) is 0 Å². The Hall–Kier alpha value is -2.76. The first-order chi connectivity index (χ1) is 12.6. The van der Waals surface area contributed by atoms with Crippen molar-refractivity contribution in [2.45, 2.75) is 20.0 Å². The minimum atomic E-state index is -0.278. The van der Waals surface area contributed by atoms with E-state index in [9.17, 15) is 15.0 Å². The van der Waals surface area contributed by atoms with Gasteiger partial charge in [0.2, 0.25) is 0 Å². The summed E-state index contributed by atoms with van der Waals surface area (Å²) < 4.78 is 2.00. The summed E-state index contributed by atoms with van der Waals surface area (Å²) in [4.78, 5) is 17.1. The molecule has 2 N–H and O–H groups in total. The molecule has 0 bridgehead atoms. The first-order valence-corrected chi connectivity index (χ1v) is 8.66. The number of aromatic nitrogens is 1. The van der Waals surface area contributed by atoms with Gasteiger partial charge in [0.25, 0.3) is 0 Å². The van der Waals surface area contributed by atoms with Gasteiger partial charge < -0.3 is 14.8 Å². The SMILES string of the molecule is CC1=NCCc2c1n(/C=C1\C=CC=C(CO)C1=O)c1cc(CO)ccc21. The van der Waals surface area contributed by atoms with E-state index in [-0.39, 0.29) is 19.0 Å². The molecule has 4 rings (SSSR count). The number of fused-ring (bicyclic) bond motifs is 3. The van der Waals surface area contributed by atoms with Crippen LogP contribution in [0.4, 0.5) is 0 Å². The van der Waals surface area contributed by atoms with Crippen LogP contribution in [0.1, 0.15) is 23.7 Å². The fourth-order valence-corrected chi connectivity index (χ4v) is 3.68. The van der Waals surface area contributed by atoms with E-state index in [2.05, 4.69) is 4.99 Å². The summed E-state index contributed by atoms with van der Waals surface area (Å²) in [6.07, 6.45) is 7.83. The highest BCUT2D eigenvalue weighted by molar-refractivity contribution is 6.14.